The van der Waals surface area contributed by atoms with Crippen LogP contribution in [-0.4, -0.2) is 30.9 Å². The van der Waals surface area contributed by atoms with Crippen molar-refractivity contribution in [2.45, 2.75) is 39.2 Å². The van der Waals surface area contributed by atoms with E-state index in [0.717, 1.165) is 32.4 Å². The van der Waals surface area contributed by atoms with Crippen LogP contribution in [-0.2, 0) is 4.79 Å². The lowest BCUT2D eigenvalue weighted by atomic mass is 9.94. The number of nitrogens with zero attached hydrogens (tertiary/aromatic N) is 1. The van der Waals surface area contributed by atoms with Crippen LogP contribution in [0.25, 0.3) is 0 Å². The molecule has 0 saturated carbocycles. The molecule has 0 aliphatic carbocycles. The van der Waals surface area contributed by atoms with E-state index in [1.165, 1.54) is 5.56 Å². The minimum Gasteiger partial charge on any atom is -0.349 e. The van der Waals surface area contributed by atoms with Gasteiger partial charge in [-0.15, -0.1) is 0 Å². The van der Waals surface area contributed by atoms with E-state index in [2.05, 4.69) is 43.2 Å². The molecule has 1 aliphatic rings. The van der Waals surface area contributed by atoms with Crippen LogP contribution in [0.2, 0.25) is 0 Å². The predicted octanol–water partition coefficient (Wildman–Crippen LogP) is 3.23. The third-order valence-electron chi connectivity index (χ3n) is 4.22. The fourth-order valence-corrected chi connectivity index (χ4v) is 3.11. The van der Waals surface area contributed by atoms with Crippen molar-refractivity contribution in [1.82, 2.24) is 10.2 Å². The number of nitrogens with one attached hydrogen (secondary N) is 1. The van der Waals surface area contributed by atoms with Gasteiger partial charge >= 0.3 is 0 Å². The lowest BCUT2D eigenvalue weighted by molar-refractivity contribution is -0.127. The number of benzene rings is 1. The van der Waals surface area contributed by atoms with Crippen LogP contribution in [0.3, 0.4) is 0 Å². The first-order chi connectivity index (χ1) is 10.1. The van der Waals surface area contributed by atoms with Crippen molar-refractivity contribution in [2.24, 2.45) is 11.8 Å². The highest BCUT2D eigenvalue weighted by Gasteiger charge is 2.26. The standard InChI is InChI=1S/C18H28N2O/c1-14(2)12-17(15-8-5-4-6-9-15)19-18(21)16-10-7-11-20(3)13-16/h4-6,8-9,14,16-17H,7,10-13H2,1-3H3,(H,19,21)/t16-,17-/m0/s1. The van der Waals surface area contributed by atoms with Gasteiger partial charge in [-0.2, -0.15) is 0 Å². The van der Waals surface area contributed by atoms with E-state index in [1.54, 1.807) is 0 Å². The number of rotatable bonds is 5. The van der Waals surface area contributed by atoms with E-state index in [4.69, 9.17) is 0 Å². The van der Waals surface area contributed by atoms with Gasteiger partial charge in [0.1, 0.15) is 0 Å². The Labute approximate surface area is 128 Å². The zero-order valence-corrected chi connectivity index (χ0v) is 13.5. The van der Waals surface area contributed by atoms with Gasteiger partial charge in [0.2, 0.25) is 5.91 Å². The fraction of sp³-hybridized carbons (Fsp3) is 0.611. The Kier molecular flexibility index (Phi) is 5.80. The van der Waals surface area contributed by atoms with Gasteiger partial charge in [0.15, 0.2) is 0 Å². The molecule has 0 unspecified atom stereocenters. The van der Waals surface area contributed by atoms with E-state index in [0.29, 0.717) is 5.92 Å². The minimum atomic E-state index is 0.130. The van der Waals surface area contributed by atoms with Gasteiger partial charge in [0, 0.05) is 6.54 Å². The van der Waals surface area contributed by atoms with Crippen molar-refractivity contribution in [3.63, 3.8) is 0 Å². The molecule has 0 spiro atoms. The maximum Gasteiger partial charge on any atom is 0.224 e. The topological polar surface area (TPSA) is 32.3 Å². The SMILES string of the molecule is CC(C)C[C@H](NC(=O)[C@H]1CCCN(C)C1)c1ccccc1. The van der Waals surface area contributed by atoms with Crippen LogP contribution in [0.4, 0.5) is 0 Å². The Morgan fingerprint density at radius 2 is 2.05 bits per heavy atom. The van der Waals surface area contributed by atoms with E-state index in [1.807, 2.05) is 18.2 Å². The van der Waals surface area contributed by atoms with Crippen molar-refractivity contribution in [2.75, 3.05) is 20.1 Å². The summed E-state index contributed by atoms with van der Waals surface area (Å²) in [6, 6.07) is 10.5. The average Bonchev–Trinajstić information content (AvgIpc) is 2.47. The first-order valence-corrected chi connectivity index (χ1v) is 8.10. The molecular formula is C18H28N2O. The minimum absolute atomic E-state index is 0.130. The number of carbonyl (C=O) groups excluding carboxylic acids is 1. The maximum absolute atomic E-state index is 12.6. The number of piperidine rings is 1. The summed E-state index contributed by atoms with van der Waals surface area (Å²) in [6.45, 7) is 6.40. The van der Waals surface area contributed by atoms with E-state index < -0.39 is 0 Å². The molecule has 3 heteroatoms. The highest BCUT2D eigenvalue weighted by molar-refractivity contribution is 5.79. The summed E-state index contributed by atoms with van der Waals surface area (Å²) in [5.74, 6) is 0.919. The van der Waals surface area contributed by atoms with Crippen molar-refractivity contribution >= 4 is 5.91 Å². The Morgan fingerprint density at radius 1 is 1.33 bits per heavy atom. The number of amides is 1. The molecule has 2 rings (SSSR count). The van der Waals surface area contributed by atoms with Crippen LogP contribution in [0, 0.1) is 11.8 Å². The number of carbonyl (C=O) groups is 1. The lowest BCUT2D eigenvalue weighted by Gasteiger charge is -2.30. The van der Waals surface area contributed by atoms with Gasteiger partial charge in [-0.25, -0.2) is 0 Å². The lowest BCUT2D eigenvalue weighted by Crippen LogP contribution is -2.42. The Balaban J connectivity index is 2.02. The normalized spacial score (nSPS) is 21.2. The summed E-state index contributed by atoms with van der Waals surface area (Å²) >= 11 is 0. The van der Waals surface area contributed by atoms with Crippen LogP contribution in [0.1, 0.15) is 44.7 Å². The first-order valence-electron chi connectivity index (χ1n) is 8.10. The fourth-order valence-electron chi connectivity index (χ4n) is 3.11. The zero-order chi connectivity index (χ0) is 15.2. The summed E-state index contributed by atoms with van der Waals surface area (Å²) in [7, 11) is 2.10. The average molecular weight is 288 g/mol. The Hall–Kier alpha value is -1.35. The molecule has 1 amide bonds. The molecule has 0 bridgehead atoms. The van der Waals surface area contributed by atoms with Gasteiger partial charge in [0.25, 0.3) is 0 Å². The van der Waals surface area contributed by atoms with Gasteiger partial charge in [-0.3, -0.25) is 4.79 Å². The number of hydrogen-bond donors (Lipinski definition) is 1. The molecule has 1 aliphatic heterocycles. The van der Waals surface area contributed by atoms with Crippen LogP contribution >= 0.6 is 0 Å². The quantitative estimate of drug-likeness (QED) is 0.902. The summed E-state index contributed by atoms with van der Waals surface area (Å²) in [5.41, 5.74) is 1.21. The van der Waals surface area contributed by atoms with Crippen molar-refractivity contribution in [1.29, 1.82) is 0 Å². The molecule has 3 nitrogen and oxygen atoms in total. The molecule has 1 saturated heterocycles. The largest absolute Gasteiger partial charge is 0.349 e. The molecule has 116 valence electrons. The Morgan fingerprint density at radius 3 is 2.67 bits per heavy atom. The van der Waals surface area contributed by atoms with Crippen LogP contribution in [0.15, 0.2) is 30.3 Å². The summed E-state index contributed by atoms with van der Waals surface area (Å²) < 4.78 is 0. The Bertz CT molecular complexity index is 444. The van der Waals surface area contributed by atoms with Gasteiger partial charge in [-0.1, -0.05) is 44.2 Å². The third kappa shape index (κ3) is 4.85. The van der Waals surface area contributed by atoms with Gasteiger partial charge < -0.3 is 10.2 Å². The van der Waals surface area contributed by atoms with Crippen molar-refractivity contribution in [3.05, 3.63) is 35.9 Å². The highest BCUT2D eigenvalue weighted by atomic mass is 16.2. The number of likely N-dealkylation sites (tertiary alicyclic amines) is 1. The second kappa shape index (κ2) is 7.60. The molecule has 1 N–H and O–H groups in total. The predicted molar refractivity (Wildman–Crippen MR) is 87.0 cm³/mol. The molecule has 1 aromatic rings. The monoisotopic (exact) mass is 288 g/mol. The third-order valence-corrected chi connectivity index (χ3v) is 4.22. The van der Waals surface area contributed by atoms with Gasteiger partial charge in [-0.05, 0) is 44.3 Å². The molecule has 1 fully saturated rings. The van der Waals surface area contributed by atoms with Crippen LogP contribution in [0.5, 0.6) is 0 Å². The van der Waals surface area contributed by atoms with Crippen LogP contribution < -0.4 is 5.32 Å². The second-order valence-electron chi connectivity index (χ2n) is 6.70. The molecule has 0 radical (unpaired) electrons. The summed E-state index contributed by atoms with van der Waals surface area (Å²) in [5, 5.41) is 3.29. The number of hydrogen-bond acceptors (Lipinski definition) is 2. The highest BCUT2D eigenvalue weighted by Crippen LogP contribution is 2.23. The molecule has 0 aromatic heterocycles. The smallest absolute Gasteiger partial charge is 0.224 e. The van der Waals surface area contributed by atoms with E-state index >= 15 is 0 Å². The summed E-state index contributed by atoms with van der Waals surface area (Å²) in [4.78, 5) is 14.8. The molecule has 1 heterocycles. The van der Waals surface area contributed by atoms with Gasteiger partial charge in [0.05, 0.1) is 12.0 Å². The second-order valence-corrected chi connectivity index (χ2v) is 6.70. The zero-order valence-electron chi connectivity index (χ0n) is 13.5. The maximum atomic E-state index is 12.6. The first kappa shape index (κ1) is 16.0. The van der Waals surface area contributed by atoms with Crippen molar-refractivity contribution in [3.8, 4) is 0 Å². The molecule has 1 aromatic carbocycles. The van der Waals surface area contributed by atoms with E-state index in [9.17, 15) is 4.79 Å². The molecular weight excluding hydrogens is 260 g/mol. The van der Waals surface area contributed by atoms with Crippen molar-refractivity contribution < 1.29 is 4.79 Å². The van der Waals surface area contributed by atoms with E-state index in [-0.39, 0.29) is 17.9 Å². The molecule has 2 atom stereocenters. The summed E-state index contributed by atoms with van der Waals surface area (Å²) in [6.07, 6.45) is 3.12. The molecule has 21 heavy (non-hydrogen) atoms.